The third-order valence-electron chi connectivity index (χ3n) is 3.27. The Balaban J connectivity index is 1.97. The van der Waals surface area contributed by atoms with Crippen molar-refractivity contribution in [3.8, 4) is 0 Å². The van der Waals surface area contributed by atoms with Crippen LogP contribution in [0, 0.1) is 13.8 Å². The molecule has 3 aromatic rings. The molecule has 0 fully saturated rings. The summed E-state index contributed by atoms with van der Waals surface area (Å²) in [5.41, 5.74) is 1.72. The largest absolute Gasteiger partial charge is 0.335 e. The van der Waals surface area contributed by atoms with Crippen LogP contribution in [-0.2, 0) is 16.6 Å². The van der Waals surface area contributed by atoms with E-state index in [4.69, 9.17) is 0 Å². The molecule has 112 valence electrons. The molecule has 0 aliphatic carbocycles. The van der Waals surface area contributed by atoms with E-state index in [1.54, 1.807) is 18.4 Å². The number of aryl methyl sites for hydroxylation is 2. The molecule has 0 saturated heterocycles. The van der Waals surface area contributed by atoms with Gasteiger partial charge in [0.15, 0.2) is 9.99 Å². The SMILES string of the molecule is Cc1cn2c(CN(C)S(=O)(=O)c3cnc[nH]3)c(C)nc2s1. The summed E-state index contributed by atoms with van der Waals surface area (Å²) >= 11 is 1.59. The van der Waals surface area contributed by atoms with Gasteiger partial charge in [0.05, 0.1) is 30.5 Å². The van der Waals surface area contributed by atoms with Gasteiger partial charge in [-0.3, -0.25) is 4.40 Å². The lowest BCUT2D eigenvalue weighted by atomic mass is 10.3. The number of fused-ring (bicyclic) bond motifs is 1. The van der Waals surface area contributed by atoms with Crippen LogP contribution in [0.25, 0.3) is 4.96 Å². The Morgan fingerprint density at radius 2 is 2.19 bits per heavy atom. The first-order valence-electron chi connectivity index (χ1n) is 6.28. The van der Waals surface area contributed by atoms with Crippen molar-refractivity contribution >= 4 is 26.3 Å². The van der Waals surface area contributed by atoms with E-state index in [-0.39, 0.29) is 11.6 Å². The van der Waals surface area contributed by atoms with E-state index in [2.05, 4.69) is 15.0 Å². The molecule has 3 aromatic heterocycles. The molecule has 1 N–H and O–H groups in total. The van der Waals surface area contributed by atoms with Gasteiger partial charge >= 0.3 is 0 Å². The maximum atomic E-state index is 12.4. The van der Waals surface area contributed by atoms with Gasteiger partial charge in [-0.1, -0.05) is 0 Å². The Morgan fingerprint density at radius 1 is 1.43 bits per heavy atom. The lowest BCUT2D eigenvalue weighted by molar-refractivity contribution is 0.458. The van der Waals surface area contributed by atoms with E-state index < -0.39 is 10.0 Å². The lowest BCUT2D eigenvalue weighted by Crippen LogP contribution is -2.27. The Labute approximate surface area is 126 Å². The van der Waals surface area contributed by atoms with Crippen molar-refractivity contribution in [3.05, 3.63) is 35.0 Å². The van der Waals surface area contributed by atoms with Crippen LogP contribution in [0.3, 0.4) is 0 Å². The van der Waals surface area contributed by atoms with E-state index in [9.17, 15) is 8.42 Å². The Bertz CT molecular complexity index is 876. The van der Waals surface area contributed by atoms with Gasteiger partial charge in [-0.25, -0.2) is 18.4 Å². The minimum Gasteiger partial charge on any atom is -0.335 e. The standard InChI is InChI=1S/C12H15N5O2S2/c1-8-5-17-10(9(2)15-12(17)20-8)6-16(3)21(18,19)11-4-13-7-14-11/h4-5,7H,6H2,1-3H3,(H,13,14). The number of nitrogens with zero attached hydrogens (tertiary/aromatic N) is 4. The van der Waals surface area contributed by atoms with E-state index in [1.807, 2.05) is 24.4 Å². The highest BCUT2D eigenvalue weighted by Crippen LogP contribution is 2.23. The zero-order valence-corrected chi connectivity index (χ0v) is 13.5. The van der Waals surface area contributed by atoms with E-state index in [0.29, 0.717) is 0 Å². The normalized spacial score (nSPS) is 12.6. The number of aromatic amines is 1. The Kier molecular flexibility index (Phi) is 3.34. The van der Waals surface area contributed by atoms with Gasteiger partial charge in [0.1, 0.15) is 0 Å². The van der Waals surface area contributed by atoms with Gasteiger partial charge in [0.2, 0.25) is 0 Å². The Morgan fingerprint density at radius 3 is 2.86 bits per heavy atom. The van der Waals surface area contributed by atoms with Crippen LogP contribution < -0.4 is 0 Å². The van der Waals surface area contributed by atoms with Crippen molar-refractivity contribution < 1.29 is 8.42 Å². The minimum atomic E-state index is -3.57. The molecule has 0 atom stereocenters. The monoisotopic (exact) mass is 325 g/mol. The summed E-state index contributed by atoms with van der Waals surface area (Å²) in [4.78, 5) is 12.9. The average Bonchev–Trinajstić information content (AvgIpc) is 3.09. The number of sulfonamides is 1. The van der Waals surface area contributed by atoms with E-state index >= 15 is 0 Å². The highest BCUT2D eigenvalue weighted by Gasteiger charge is 2.24. The highest BCUT2D eigenvalue weighted by atomic mass is 32.2. The fraction of sp³-hybridized carbons (Fsp3) is 0.333. The number of hydrogen-bond acceptors (Lipinski definition) is 5. The molecule has 0 aliphatic heterocycles. The number of nitrogens with one attached hydrogen (secondary N) is 1. The maximum absolute atomic E-state index is 12.4. The second kappa shape index (κ2) is 4.93. The first kappa shape index (κ1) is 14.2. The molecule has 21 heavy (non-hydrogen) atoms. The predicted molar refractivity (Wildman–Crippen MR) is 79.8 cm³/mol. The number of aromatic nitrogens is 4. The van der Waals surface area contributed by atoms with Crippen molar-refractivity contribution in [3.63, 3.8) is 0 Å². The van der Waals surface area contributed by atoms with Crippen molar-refractivity contribution in [2.45, 2.75) is 25.4 Å². The fourth-order valence-corrected chi connectivity index (χ4v) is 4.06. The molecule has 0 unspecified atom stereocenters. The number of imidazole rings is 2. The maximum Gasteiger partial charge on any atom is 0.260 e. The molecular formula is C12H15N5O2S2. The second-order valence-electron chi connectivity index (χ2n) is 4.82. The lowest BCUT2D eigenvalue weighted by Gasteiger charge is -2.15. The zero-order chi connectivity index (χ0) is 15.2. The molecule has 0 radical (unpaired) electrons. The van der Waals surface area contributed by atoms with Crippen LogP contribution in [0.5, 0.6) is 0 Å². The van der Waals surface area contributed by atoms with Crippen LogP contribution >= 0.6 is 11.3 Å². The zero-order valence-electron chi connectivity index (χ0n) is 11.9. The first-order valence-corrected chi connectivity index (χ1v) is 8.54. The quantitative estimate of drug-likeness (QED) is 0.789. The molecule has 0 spiro atoms. The van der Waals surface area contributed by atoms with Gasteiger partial charge in [-0.05, 0) is 13.8 Å². The summed E-state index contributed by atoms with van der Waals surface area (Å²) in [6.45, 7) is 4.15. The molecular weight excluding hydrogens is 310 g/mol. The third kappa shape index (κ3) is 2.37. The molecule has 7 nitrogen and oxygen atoms in total. The summed E-state index contributed by atoms with van der Waals surface area (Å²) in [5, 5.41) is 0.0879. The van der Waals surface area contributed by atoms with Crippen LogP contribution in [-0.4, -0.2) is 39.1 Å². The predicted octanol–water partition coefficient (Wildman–Crippen LogP) is 1.56. The van der Waals surface area contributed by atoms with E-state index in [0.717, 1.165) is 21.2 Å². The van der Waals surface area contributed by atoms with E-state index in [1.165, 1.54) is 16.8 Å². The smallest absolute Gasteiger partial charge is 0.260 e. The highest BCUT2D eigenvalue weighted by molar-refractivity contribution is 7.89. The van der Waals surface area contributed by atoms with Crippen LogP contribution in [0.2, 0.25) is 0 Å². The molecule has 0 aromatic carbocycles. The molecule has 0 saturated carbocycles. The summed E-state index contributed by atoms with van der Waals surface area (Å²) in [5.74, 6) is 0. The number of rotatable bonds is 4. The van der Waals surface area contributed by atoms with Crippen molar-refractivity contribution in [1.29, 1.82) is 0 Å². The summed E-state index contributed by atoms with van der Waals surface area (Å²) < 4.78 is 28.0. The molecule has 0 aliphatic rings. The number of H-pyrrole nitrogens is 1. The minimum absolute atomic E-state index is 0.0879. The molecule has 3 heterocycles. The second-order valence-corrected chi connectivity index (χ2v) is 8.04. The van der Waals surface area contributed by atoms with Crippen LogP contribution in [0.15, 0.2) is 23.7 Å². The third-order valence-corrected chi connectivity index (χ3v) is 5.90. The molecule has 0 bridgehead atoms. The van der Waals surface area contributed by atoms with Gasteiger partial charge < -0.3 is 4.98 Å². The molecule has 3 rings (SSSR count). The van der Waals surface area contributed by atoms with Crippen LogP contribution in [0.1, 0.15) is 16.3 Å². The topological polar surface area (TPSA) is 83.4 Å². The van der Waals surface area contributed by atoms with Crippen molar-refractivity contribution in [2.75, 3.05) is 7.05 Å². The molecule has 9 heteroatoms. The summed E-state index contributed by atoms with van der Waals surface area (Å²) in [6, 6.07) is 0. The average molecular weight is 325 g/mol. The van der Waals surface area contributed by atoms with Gasteiger partial charge in [-0.2, -0.15) is 4.31 Å². The fourth-order valence-electron chi connectivity index (χ4n) is 2.15. The van der Waals surface area contributed by atoms with Crippen molar-refractivity contribution in [2.24, 2.45) is 0 Å². The van der Waals surface area contributed by atoms with Gasteiger partial charge in [-0.15, -0.1) is 11.3 Å². The summed E-state index contributed by atoms with van der Waals surface area (Å²) in [7, 11) is -2.02. The van der Waals surface area contributed by atoms with Gasteiger partial charge in [0, 0.05) is 18.1 Å². The Hall–Kier alpha value is -1.71. The summed E-state index contributed by atoms with van der Waals surface area (Å²) in [6.07, 6.45) is 4.64. The van der Waals surface area contributed by atoms with Crippen molar-refractivity contribution in [1.82, 2.24) is 23.7 Å². The van der Waals surface area contributed by atoms with Gasteiger partial charge in [0.25, 0.3) is 10.0 Å². The first-order chi connectivity index (χ1) is 9.89. The number of hydrogen-bond donors (Lipinski definition) is 1. The molecule has 0 amide bonds. The number of thiazole rings is 1. The van der Waals surface area contributed by atoms with Crippen LogP contribution in [0.4, 0.5) is 0 Å².